The van der Waals surface area contributed by atoms with Crippen molar-refractivity contribution in [1.29, 1.82) is 0 Å². The second-order valence-corrected chi connectivity index (χ2v) is 12.6. The smallest absolute Gasteiger partial charge is 0.325 e. The molecule has 2 aromatic carbocycles. The summed E-state index contributed by atoms with van der Waals surface area (Å²) in [7, 11) is 0. The van der Waals surface area contributed by atoms with Crippen molar-refractivity contribution in [3.8, 4) is 22.5 Å². The van der Waals surface area contributed by atoms with Crippen LogP contribution in [0.4, 0.5) is 18.9 Å². The van der Waals surface area contributed by atoms with Crippen molar-refractivity contribution in [3.05, 3.63) is 70.3 Å². The number of anilines is 1. The molecule has 9 nitrogen and oxygen atoms in total. The van der Waals surface area contributed by atoms with Gasteiger partial charge in [0.2, 0.25) is 5.36 Å². The molecule has 4 aliphatic rings. The molecule has 3 heterocycles. The van der Waals surface area contributed by atoms with Gasteiger partial charge in [-0.25, -0.2) is 17.7 Å². The van der Waals surface area contributed by atoms with E-state index in [-0.39, 0.29) is 34.5 Å². The van der Waals surface area contributed by atoms with Gasteiger partial charge in [-0.05, 0) is 52.3 Å². The molecule has 3 aliphatic heterocycles. The highest BCUT2D eigenvalue weighted by Crippen LogP contribution is 2.46. The van der Waals surface area contributed by atoms with Gasteiger partial charge in [0.1, 0.15) is 35.9 Å². The van der Waals surface area contributed by atoms with E-state index in [1.165, 1.54) is 27.7 Å². The maximum Gasteiger partial charge on any atom is 0.325 e. The molecule has 2 aromatic rings. The van der Waals surface area contributed by atoms with E-state index in [9.17, 15) is 19.5 Å². The first-order valence-corrected chi connectivity index (χ1v) is 15.5. The number of hydrogen-bond acceptors (Lipinski definition) is 8. The van der Waals surface area contributed by atoms with Gasteiger partial charge in [-0.2, -0.15) is 0 Å². The van der Waals surface area contributed by atoms with E-state index in [2.05, 4.69) is 9.48 Å². The second kappa shape index (κ2) is 12.1. The van der Waals surface area contributed by atoms with Gasteiger partial charge in [-0.3, -0.25) is 9.59 Å². The molecule has 0 spiro atoms. The first kappa shape index (κ1) is 32.1. The number of benzene rings is 3. The number of fused-ring (bicyclic) bond motifs is 2. The number of aromatic carboxylic acids is 1. The Hall–Kier alpha value is -4.87. The summed E-state index contributed by atoms with van der Waals surface area (Å²) < 4.78 is 67.6. The Morgan fingerprint density at radius 1 is 0.957 bits per heavy atom. The summed E-state index contributed by atoms with van der Waals surface area (Å²) in [4.78, 5) is 41.0. The molecule has 2 fully saturated rings. The molecule has 12 heteroatoms. The third-order valence-corrected chi connectivity index (χ3v) is 8.39. The fraction of sp³-hybridized carbons (Fsp3) is 0.371. The molecular weight excluding hydrogens is 617 g/mol. The van der Waals surface area contributed by atoms with E-state index >= 15 is 13.2 Å². The molecule has 246 valence electrons. The second-order valence-electron chi connectivity index (χ2n) is 12.6. The SMILES string of the molecule is CCOC(=O)C(C(=O)OC(C)(C)C)c1c(F)c(F)c(C(=O)[O-])c(-c2c3ccc(=[N+]4CCC4)cc-3oc3cc(N4CCC4)ccc23)c1F. The van der Waals surface area contributed by atoms with Crippen molar-refractivity contribution in [2.45, 2.75) is 52.1 Å². The molecule has 2 saturated heterocycles. The normalized spacial score (nSPS) is 15.3. The highest BCUT2D eigenvalue weighted by Gasteiger charge is 2.42. The predicted octanol–water partition coefficient (Wildman–Crippen LogP) is 4.36. The molecule has 6 rings (SSSR count). The molecule has 0 radical (unpaired) electrons. The molecule has 47 heavy (non-hydrogen) atoms. The summed E-state index contributed by atoms with van der Waals surface area (Å²) in [5, 5.41) is 13.5. The number of hydrogen-bond donors (Lipinski definition) is 0. The highest BCUT2D eigenvalue weighted by atomic mass is 19.2. The summed E-state index contributed by atoms with van der Waals surface area (Å²) in [5.74, 6) is -12.9. The Bertz CT molecular complexity index is 1990. The summed E-state index contributed by atoms with van der Waals surface area (Å²) in [5.41, 5.74) is -3.81. The number of rotatable bonds is 7. The monoisotopic (exact) mass is 650 g/mol. The molecule has 1 unspecified atom stereocenters. The zero-order valence-corrected chi connectivity index (χ0v) is 26.4. The summed E-state index contributed by atoms with van der Waals surface area (Å²) in [6.07, 6.45) is 1.99. The van der Waals surface area contributed by atoms with Gasteiger partial charge in [0.25, 0.3) is 0 Å². The molecule has 0 bridgehead atoms. The number of ether oxygens (including phenoxy) is 2. The minimum absolute atomic E-state index is 0.143. The maximum absolute atomic E-state index is 17.1. The van der Waals surface area contributed by atoms with E-state index in [0.29, 0.717) is 0 Å². The van der Waals surface area contributed by atoms with Crippen molar-refractivity contribution in [3.63, 3.8) is 0 Å². The minimum Gasteiger partial charge on any atom is -0.545 e. The fourth-order valence-corrected chi connectivity index (χ4v) is 5.96. The van der Waals surface area contributed by atoms with Crippen LogP contribution in [0.3, 0.4) is 0 Å². The van der Waals surface area contributed by atoms with Crippen LogP contribution in [-0.4, -0.2) is 56.3 Å². The van der Waals surface area contributed by atoms with Gasteiger partial charge < -0.3 is 28.7 Å². The zero-order valence-electron chi connectivity index (χ0n) is 26.4. The van der Waals surface area contributed by atoms with Crippen LogP contribution in [0.25, 0.3) is 33.4 Å². The molecule has 0 aromatic heterocycles. The van der Waals surface area contributed by atoms with Crippen LogP contribution in [0, 0.1) is 17.5 Å². The molecular formula is C35H33F3N2O7. The quantitative estimate of drug-likeness (QED) is 0.0954. The van der Waals surface area contributed by atoms with Crippen LogP contribution < -0.4 is 19.9 Å². The Morgan fingerprint density at radius 2 is 1.68 bits per heavy atom. The van der Waals surface area contributed by atoms with E-state index in [0.717, 1.165) is 50.1 Å². The van der Waals surface area contributed by atoms with Crippen molar-refractivity contribution in [2.75, 3.05) is 37.7 Å². The average molecular weight is 651 g/mol. The number of carboxylic acids is 1. The van der Waals surface area contributed by atoms with Crippen LogP contribution >= 0.6 is 0 Å². The number of carbonyl (C=O) groups is 3. The largest absolute Gasteiger partial charge is 0.545 e. The van der Waals surface area contributed by atoms with Crippen molar-refractivity contribution < 1.29 is 46.6 Å². The van der Waals surface area contributed by atoms with Crippen molar-refractivity contribution in [1.82, 2.24) is 4.58 Å². The Kier molecular flexibility index (Phi) is 8.23. The number of esters is 2. The van der Waals surface area contributed by atoms with Gasteiger partial charge in [0, 0.05) is 58.5 Å². The van der Waals surface area contributed by atoms with Gasteiger partial charge in [0.15, 0.2) is 17.6 Å². The third kappa shape index (κ3) is 5.70. The highest BCUT2D eigenvalue weighted by molar-refractivity contribution is 6.09. The first-order chi connectivity index (χ1) is 22.3. The van der Waals surface area contributed by atoms with Crippen molar-refractivity contribution >= 4 is 34.6 Å². The van der Waals surface area contributed by atoms with Crippen LogP contribution in [0.5, 0.6) is 0 Å². The lowest BCUT2D eigenvalue weighted by molar-refractivity contribution is -0.255. The third-order valence-electron chi connectivity index (χ3n) is 8.39. The van der Waals surface area contributed by atoms with Crippen LogP contribution in [0.1, 0.15) is 62.4 Å². The summed E-state index contributed by atoms with van der Waals surface area (Å²) in [6.45, 7) is 8.78. The van der Waals surface area contributed by atoms with E-state index in [1.54, 1.807) is 36.4 Å². The Balaban J connectivity index is 1.72. The lowest BCUT2D eigenvalue weighted by Gasteiger charge is -2.33. The fourth-order valence-electron chi connectivity index (χ4n) is 5.96. The summed E-state index contributed by atoms with van der Waals surface area (Å²) >= 11 is 0. The number of carbonyl (C=O) groups excluding carboxylic acids is 3. The molecule has 0 N–H and O–H groups in total. The predicted molar refractivity (Wildman–Crippen MR) is 164 cm³/mol. The molecule has 0 saturated carbocycles. The standard InChI is InChI=1S/C35H33F3N2O7/c1-5-45-33(43)28(34(44)47-35(2,3)4)26-29(36)25(27(32(41)42)31(38)30(26)37)24-20-10-8-18(39-12-6-13-39)16-22(20)46-23-17-19(9-11-21(23)24)40-14-7-15-40/h8-11,16-17,28H,5-7,12-15H2,1-4H3. The Labute approximate surface area is 268 Å². The van der Waals surface area contributed by atoms with Crippen LogP contribution in [0.15, 0.2) is 40.8 Å². The zero-order chi connectivity index (χ0) is 33.8. The lowest BCUT2D eigenvalue weighted by Crippen LogP contribution is -2.40. The number of carboxylic acid groups (broad SMARTS) is 1. The number of nitrogens with zero attached hydrogens (tertiary/aromatic N) is 2. The number of halogens is 3. The Morgan fingerprint density at radius 3 is 2.26 bits per heavy atom. The molecule has 1 atom stereocenters. The van der Waals surface area contributed by atoms with E-state index in [4.69, 9.17) is 13.9 Å². The molecule has 0 amide bonds. The minimum atomic E-state index is -2.42. The van der Waals surface area contributed by atoms with E-state index in [1.807, 2.05) is 0 Å². The van der Waals surface area contributed by atoms with Gasteiger partial charge in [-0.15, -0.1) is 0 Å². The summed E-state index contributed by atoms with van der Waals surface area (Å²) in [6, 6.07) is 10.1. The first-order valence-electron chi connectivity index (χ1n) is 15.5. The topological polar surface area (TPSA) is 112 Å². The van der Waals surface area contributed by atoms with Crippen molar-refractivity contribution in [2.24, 2.45) is 0 Å². The van der Waals surface area contributed by atoms with Crippen LogP contribution in [0.2, 0.25) is 0 Å². The van der Waals surface area contributed by atoms with Crippen LogP contribution in [-0.2, 0) is 19.1 Å². The van der Waals surface area contributed by atoms with Gasteiger partial charge in [-0.1, -0.05) is 0 Å². The molecule has 1 aliphatic carbocycles. The average Bonchev–Trinajstić information content (AvgIpc) is 2.93. The maximum atomic E-state index is 17.1. The van der Waals surface area contributed by atoms with E-state index < -0.39 is 63.6 Å². The lowest BCUT2D eigenvalue weighted by atomic mass is 9.85. The van der Waals surface area contributed by atoms with Gasteiger partial charge >= 0.3 is 11.9 Å². The van der Waals surface area contributed by atoms with Gasteiger partial charge in [0.05, 0.1) is 30.6 Å².